The predicted molar refractivity (Wildman–Crippen MR) is 119 cm³/mol. The molecule has 6 heteroatoms. The predicted octanol–water partition coefficient (Wildman–Crippen LogP) is 3.33. The van der Waals surface area contributed by atoms with Crippen molar-refractivity contribution in [1.29, 1.82) is 0 Å². The van der Waals surface area contributed by atoms with Gasteiger partial charge in [0.15, 0.2) is 0 Å². The number of nitrogens with zero attached hydrogens (tertiary/aromatic N) is 2. The van der Waals surface area contributed by atoms with E-state index in [4.69, 9.17) is 9.47 Å². The maximum atomic E-state index is 13.2. The average molecular weight is 421 g/mol. The summed E-state index contributed by atoms with van der Waals surface area (Å²) in [6, 6.07) is 17.3. The standard InChI is InChI=1S/C25H28N2O4/c1-2-30-13-14-31-24-10-6-4-8-21(24)25(29)27-16-19(23(28)17-27)15-18-11-12-26-22-9-5-3-7-20(18)22/h3-12,19,23,28H,2,13-17H2,1H3/t19-,23-/m1/s1. The van der Waals surface area contributed by atoms with Crippen LogP contribution in [-0.4, -0.2) is 59.9 Å². The topological polar surface area (TPSA) is 71.9 Å². The van der Waals surface area contributed by atoms with Crippen LogP contribution in [0.3, 0.4) is 0 Å². The van der Waals surface area contributed by atoms with Crippen molar-refractivity contribution in [1.82, 2.24) is 9.88 Å². The fourth-order valence-corrected chi connectivity index (χ4v) is 4.13. The van der Waals surface area contributed by atoms with E-state index in [1.807, 2.05) is 43.3 Å². The first-order valence-corrected chi connectivity index (χ1v) is 10.8. The number of fused-ring (bicyclic) bond motifs is 1. The third-order valence-corrected chi connectivity index (χ3v) is 5.72. The quantitative estimate of drug-likeness (QED) is 0.566. The summed E-state index contributed by atoms with van der Waals surface area (Å²) in [6.45, 7) is 4.25. The van der Waals surface area contributed by atoms with Gasteiger partial charge in [0.1, 0.15) is 12.4 Å². The minimum Gasteiger partial charge on any atom is -0.490 e. The molecule has 1 aromatic heterocycles. The van der Waals surface area contributed by atoms with Crippen LogP contribution in [-0.2, 0) is 11.2 Å². The van der Waals surface area contributed by atoms with E-state index in [2.05, 4.69) is 11.1 Å². The van der Waals surface area contributed by atoms with Gasteiger partial charge in [-0.15, -0.1) is 0 Å². The van der Waals surface area contributed by atoms with E-state index in [0.717, 1.165) is 16.5 Å². The van der Waals surface area contributed by atoms with Crippen LogP contribution in [0.15, 0.2) is 60.8 Å². The van der Waals surface area contributed by atoms with Crippen LogP contribution in [0.5, 0.6) is 5.75 Å². The lowest BCUT2D eigenvalue weighted by Crippen LogP contribution is -2.30. The number of β-amino-alcohol motifs (C(OH)–C–C–N with tert-alkyl or cyclic N) is 1. The highest BCUT2D eigenvalue weighted by molar-refractivity contribution is 5.97. The molecular weight excluding hydrogens is 392 g/mol. The number of carbonyl (C=O) groups is 1. The number of amides is 1. The summed E-state index contributed by atoms with van der Waals surface area (Å²) in [5, 5.41) is 11.8. The van der Waals surface area contributed by atoms with Gasteiger partial charge >= 0.3 is 0 Å². The van der Waals surface area contributed by atoms with Crippen LogP contribution in [0.1, 0.15) is 22.8 Å². The number of aromatic nitrogens is 1. The summed E-state index contributed by atoms with van der Waals surface area (Å²) in [5.74, 6) is 0.402. The Morgan fingerprint density at radius 2 is 1.90 bits per heavy atom. The van der Waals surface area contributed by atoms with E-state index in [0.29, 0.717) is 50.6 Å². The van der Waals surface area contributed by atoms with E-state index >= 15 is 0 Å². The Labute approximate surface area is 182 Å². The lowest BCUT2D eigenvalue weighted by atomic mass is 9.94. The van der Waals surface area contributed by atoms with Gasteiger partial charge in [0.2, 0.25) is 0 Å². The summed E-state index contributed by atoms with van der Waals surface area (Å²) >= 11 is 0. The Balaban J connectivity index is 1.46. The van der Waals surface area contributed by atoms with Crippen molar-refractivity contribution in [3.63, 3.8) is 0 Å². The summed E-state index contributed by atoms with van der Waals surface area (Å²) < 4.78 is 11.1. The largest absolute Gasteiger partial charge is 0.490 e. The number of benzene rings is 2. The minimum absolute atomic E-state index is 0.0270. The number of carbonyl (C=O) groups excluding carboxylic acids is 1. The van der Waals surface area contributed by atoms with E-state index in [9.17, 15) is 9.90 Å². The van der Waals surface area contributed by atoms with Crippen LogP contribution in [0.25, 0.3) is 10.9 Å². The van der Waals surface area contributed by atoms with E-state index in [1.165, 1.54) is 0 Å². The number of pyridine rings is 1. The smallest absolute Gasteiger partial charge is 0.257 e. The molecule has 0 bridgehead atoms. The van der Waals surface area contributed by atoms with Gasteiger partial charge in [0.05, 0.1) is 23.8 Å². The molecule has 0 spiro atoms. The van der Waals surface area contributed by atoms with E-state index in [-0.39, 0.29) is 11.8 Å². The first-order chi connectivity index (χ1) is 15.2. The second-order valence-electron chi connectivity index (χ2n) is 7.77. The second-order valence-corrected chi connectivity index (χ2v) is 7.77. The Bertz CT molecular complexity index is 1030. The zero-order chi connectivity index (χ0) is 21.6. The summed E-state index contributed by atoms with van der Waals surface area (Å²) in [7, 11) is 0. The highest BCUT2D eigenvalue weighted by Gasteiger charge is 2.35. The van der Waals surface area contributed by atoms with Gasteiger partial charge in [-0.25, -0.2) is 0 Å². The maximum absolute atomic E-state index is 13.2. The van der Waals surface area contributed by atoms with Gasteiger partial charge in [-0.3, -0.25) is 9.78 Å². The summed E-state index contributed by atoms with van der Waals surface area (Å²) in [6.07, 6.45) is 1.93. The minimum atomic E-state index is -0.568. The van der Waals surface area contributed by atoms with Crippen LogP contribution >= 0.6 is 0 Å². The fraction of sp³-hybridized carbons (Fsp3) is 0.360. The summed E-state index contributed by atoms with van der Waals surface area (Å²) in [5.41, 5.74) is 2.60. The molecule has 6 nitrogen and oxygen atoms in total. The average Bonchev–Trinajstić information content (AvgIpc) is 3.17. The Kier molecular flexibility index (Phi) is 6.79. The van der Waals surface area contributed by atoms with Gasteiger partial charge < -0.3 is 19.5 Å². The monoisotopic (exact) mass is 420 g/mol. The molecule has 0 saturated carbocycles. The van der Waals surface area contributed by atoms with Crippen LogP contribution in [0.2, 0.25) is 0 Å². The number of hydrogen-bond acceptors (Lipinski definition) is 5. The van der Waals surface area contributed by atoms with E-state index in [1.54, 1.807) is 23.2 Å². The SMILES string of the molecule is CCOCCOc1ccccc1C(=O)N1C[C@@H](Cc2ccnc3ccccc23)[C@H](O)C1. The molecule has 1 amide bonds. The third kappa shape index (κ3) is 4.86. The number of hydrogen-bond donors (Lipinski definition) is 1. The van der Waals surface area contributed by atoms with Gasteiger partial charge in [-0.1, -0.05) is 30.3 Å². The van der Waals surface area contributed by atoms with Gasteiger partial charge in [-0.05, 0) is 43.2 Å². The fourth-order valence-electron chi connectivity index (χ4n) is 4.13. The highest BCUT2D eigenvalue weighted by atomic mass is 16.5. The zero-order valence-electron chi connectivity index (χ0n) is 17.7. The molecule has 2 heterocycles. The lowest BCUT2D eigenvalue weighted by molar-refractivity contribution is 0.0754. The summed E-state index contributed by atoms with van der Waals surface area (Å²) in [4.78, 5) is 19.3. The molecule has 1 N–H and O–H groups in total. The van der Waals surface area contributed by atoms with Crippen LogP contribution < -0.4 is 4.74 Å². The number of ether oxygens (including phenoxy) is 2. The number of rotatable bonds is 8. The van der Waals surface area contributed by atoms with Crippen molar-refractivity contribution in [3.8, 4) is 5.75 Å². The number of aliphatic hydroxyl groups is 1. The third-order valence-electron chi connectivity index (χ3n) is 5.72. The molecule has 0 unspecified atom stereocenters. The molecular formula is C25H28N2O4. The molecule has 1 fully saturated rings. The van der Waals surface area contributed by atoms with Crippen molar-refractivity contribution in [2.24, 2.45) is 5.92 Å². The maximum Gasteiger partial charge on any atom is 0.257 e. The zero-order valence-corrected chi connectivity index (χ0v) is 17.7. The van der Waals surface area contributed by atoms with Crippen molar-refractivity contribution in [2.45, 2.75) is 19.4 Å². The second kappa shape index (κ2) is 9.90. The Morgan fingerprint density at radius 3 is 2.77 bits per heavy atom. The molecule has 0 aliphatic carbocycles. The van der Waals surface area contributed by atoms with E-state index < -0.39 is 6.10 Å². The molecule has 162 valence electrons. The molecule has 31 heavy (non-hydrogen) atoms. The molecule has 2 aromatic carbocycles. The van der Waals surface area contributed by atoms with Gasteiger partial charge in [-0.2, -0.15) is 0 Å². The molecule has 1 saturated heterocycles. The van der Waals surface area contributed by atoms with Crippen LogP contribution in [0.4, 0.5) is 0 Å². The first-order valence-electron chi connectivity index (χ1n) is 10.8. The van der Waals surface area contributed by atoms with Crippen molar-refractivity contribution in [3.05, 3.63) is 71.9 Å². The van der Waals surface area contributed by atoms with Gasteiger partial charge in [0.25, 0.3) is 5.91 Å². The molecule has 3 aromatic rings. The van der Waals surface area contributed by atoms with Crippen LogP contribution in [0, 0.1) is 5.92 Å². The molecule has 0 radical (unpaired) electrons. The Morgan fingerprint density at radius 1 is 1.10 bits per heavy atom. The molecule has 2 atom stereocenters. The molecule has 1 aliphatic heterocycles. The van der Waals surface area contributed by atoms with Crippen molar-refractivity contribution < 1.29 is 19.4 Å². The number of para-hydroxylation sites is 2. The van der Waals surface area contributed by atoms with Crippen molar-refractivity contribution in [2.75, 3.05) is 32.9 Å². The molecule has 4 rings (SSSR count). The highest BCUT2D eigenvalue weighted by Crippen LogP contribution is 2.28. The molecule has 1 aliphatic rings. The van der Waals surface area contributed by atoms with Gasteiger partial charge in [0, 0.05) is 37.2 Å². The number of aliphatic hydroxyl groups excluding tert-OH is 1. The first kappa shape index (κ1) is 21.3. The van der Waals surface area contributed by atoms with Crippen molar-refractivity contribution >= 4 is 16.8 Å². The normalized spacial score (nSPS) is 18.5. The lowest BCUT2D eigenvalue weighted by Gasteiger charge is -2.19. The number of likely N-dealkylation sites (tertiary alicyclic amines) is 1. The Hall–Kier alpha value is -2.96.